The lowest BCUT2D eigenvalue weighted by molar-refractivity contribution is 0.0952. The van der Waals surface area contributed by atoms with Gasteiger partial charge in [-0.25, -0.2) is 0 Å². The Balaban J connectivity index is 0.00000300. The van der Waals surface area contributed by atoms with E-state index in [-0.39, 0.29) is 47.2 Å². The molecule has 1 unspecified atom stereocenters. The highest BCUT2D eigenvalue weighted by Gasteiger charge is 2.21. The Kier molecular flexibility index (Phi) is 9.04. The largest absolute Gasteiger partial charge is 0.507 e. The van der Waals surface area contributed by atoms with Crippen molar-refractivity contribution in [3.63, 3.8) is 0 Å². The summed E-state index contributed by atoms with van der Waals surface area (Å²) >= 11 is 0. The van der Waals surface area contributed by atoms with Gasteiger partial charge in [0.1, 0.15) is 11.5 Å². The van der Waals surface area contributed by atoms with Crippen molar-refractivity contribution in [1.29, 1.82) is 0 Å². The number of benzene rings is 2. The molecule has 1 aliphatic rings. The highest BCUT2D eigenvalue weighted by Crippen LogP contribution is 2.31. The number of aromatic hydroxyl groups is 1. The van der Waals surface area contributed by atoms with E-state index in [1.54, 1.807) is 18.2 Å². The Morgan fingerprint density at radius 1 is 1.17 bits per heavy atom. The molecule has 0 saturated heterocycles. The highest BCUT2D eigenvalue weighted by molar-refractivity contribution is 14.0. The molecular weight excluding hydrogens is 483 g/mol. The number of nitrogens with zero attached hydrogens (tertiary/aromatic N) is 1. The number of carbonyl (C=O) groups excluding carboxylic acids is 1. The van der Waals surface area contributed by atoms with Crippen molar-refractivity contribution in [2.75, 3.05) is 26.2 Å². The third-order valence-electron chi connectivity index (χ3n) is 4.43. The summed E-state index contributed by atoms with van der Waals surface area (Å²) in [4.78, 5) is 16.7. The maximum absolute atomic E-state index is 12.1. The van der Waals surface area contributed by atoms with Gasteiger partial charge in [-0.3, -0.25) is 9.79 Å². The Hall–Kier alpha value is -2.49. The average molecular weight is 510 g/mol. The molecule has 4 N–H and O–H groups in total. The molecule has 1 atom stereocenters. The number of aliphatic imine (C=N–C) groups is 1. The van der Waals surface area contributed by atoms with E-state index in [1.165, 1.54) is 6.07 Å². The van der Waals surface area contributed by atoms with Crippen LogP contribution < -0.4 is 20.7 Å². The maximum Gasteiger partial charge on any atom is 0.255 e. The van der Waals surface area contributed by atoms with Gasteiger partial charge in [-0.05, 0) is 25.1 Å². The number of carbonyl (C=O) groups is 1. The molecule has 0 fully saturated rings. The number of nitrogens with one attached hydrogen (secondary N) is 3. The van der Waals surface area contributed by atoms with E-state index in [0.717, 1.165) is 24.3 Å². The van der Waals surface area contributed by atoms with E-state index in [2.05, 4.69) is 27.0 Å². The fourth-order valence-electron chi connectivity index (χ4n) is 3.08. The number of hydrogen-bond donors (Lipinski definition) is 4. The molecule has 156 valence electrons. The van der Waals surface area contributed by atoms with Gasteiger partial charge in [-0.15, -0.1) is 24.0 Å². The molecule has 8 heteroatoms. The molecule has 0 radical (unpaired) electrons. The maximum atomic E-state index is 12.1. The van der Waals surface area contributed by atoms with Crippen LogP contribution in [-0.2, 0) is 0 Å². The van der Waals surface area contributed by atoms with Crippen LogP contribution in [0.5, 0.6) is 11.5 Å². The third-order valence-corrected chi connectivity index (χ3v) is 4.43. The third kappa shape index (κ3) is 6.25. The molecule has 3 rings (SSSR count). The van der Waals surface area contributed by atoms with Crippen molar-refractivity contribution >= 4 is 35.8 Å². The molecule has 2 aromatic rings. The Labute approximate surface area is 188 Å². The van der Waals surface area contributed by atoms with Crippen LogP contribution in [0.15, 0.2) is 53.5 Å². The van der Waals surface area contributed by atoms with Crippen molar-refractivity contribution in [3.8, 4) is 11.5 Å². The number of halogens is 1. The van der Waals surface area contributed by atoms with Gasteiger partial charge in [-0.1, -0.05) is 30.3 Å². The second-order valence-corrected chi connectivity index (χ2v) is 6.41. The van der Waals surface area contributed by atoms with E-state index >= 15 is 0 Å². The zero-order valence-electron chi connectivity index (χ0n) is 16.4. The van der Waals surface area contributed by atoms with E-state index in [1.807, 2.05) is 25.1 Å². The molecule has 0 aliphatic carbocycles. The number of ether oxygens (including phenoxy) is 1. The van der Waals surface area contributed by atoms with Gasteiger partial charge >= 0.3 is 0 Å². The van der Waals surface area contributed by atoms with Crippen LogP contribution in [0.4, 0.5) is 0 Å². The molecule has 29 heavy (non-hydrogen) atoms. The van der Waals surface area contributed by atoms with Crippen LogP contribution in [0.2, 0.25) is 0 Å². The van der Waals surface area contributed by atoms with E-state index in [9.17, 15) is 9.90 Å². The smallest absolute Gasteiger partial charge is 0.255 e. The number of hydrogen-bond acceptors (Lipinski definition) is 4. The fourth-order valence-corrected chi connectivity index (χ4v) is 3.08. The Morgan fingerprint density at radius 3 is 2.72 bits per heavy atom. The number of amides is 1. The molecule has 0 aromatic heterocycles. The molecule has 0 bridgehead atoms. The van der Waals surface area contributed by atoms with Gasteiger partial charge in [0.15, 0.2) is 5.96 Å². The Morgan fingerprint density at radius 2 is 1.93 bits per heavy atom. The second-order valence-electron chi connectivity index (χ2n) is 6.41. The predicted molar refractivity (Wildman–Crippen MR) is 124 cm³/mol. The van der Waals surface area contributed by atoms with Gasteiger partial charge in [0.25, 0.3) is 5.91 Å². The van der Waals surface area contributed by atoms with Crippen molar-refractivity contribution in [1.82, 2.24) is 16.0 Å². The molecule has 0 saturated carbocycles. The Bertz CT molecular complexity index is 844. The van der Waals surface area contributed by atoms with Gasteiger partial charge in [0.05, 0.1) is 24.8 Å². The van der Waals surface area contributed by atoms with Crippen molar-refractivity contribution in [2.24, 2.45) is 4.99 Å². The minimum atomic E-state index is -0.315. The number of rotatable bonds is 6. The van der Waals surface area contributed by atoms with Crippen LogP contribution in [-0.4, -0.2) is 43.2 Å². The van der Waals surface area contributed by atoms with Crippen LogP contribution in [0.25, 0.3) is 0 Å². The quantitative estimate of drug-likeness (QED) is 0.208. The fraction of sp³-hybridized carbons (Fsp3) is 0.333. The summed E-state index contributed by atoms with van der Waals surface area (Å²) in [5.41, 5.74) is 1.38. The summed E-state index contributed by atoms with van der Waals surface area (Å²) in [5, 5.41) is 19.2. The van der Waals surface area contributed by atoms with Crippen LogP contribution in [0.1, 0.15) is 35.3 Å². The highest BCUT2D eigenvalue weighted by atomic mass is 127. The van der Waals surface area contributed by atoms with E-state index in [0.29, 0.717) is 25.7 Å². The van der Waals surface area contributed by atoms with Crippen LogP contribution >= 0.6 is 24.0 Å². The first-order chi connectivity index (χ1) is 13.7. The molecule has 2 aromatic carbocycles. The van der Waals surface area contributed by atoms with Crippen molar-refractivity contribution < 1.29 is 14.6 Å². The number of para-hydroxylation sites is 2. The summed E-state index contributed by atoms with van der Waals surface area (Å²) in [6.45, 7) is 4.19. The minimum absolute atomic E-state index is 0. The zero-order valence-corrected chi connectivity index (χ0v) is 18.7. The molecule has 1 heterocycles. The number of guanidine groups is 1. The molecule has 7 nitrogen and oxygen atoms in total. The topological polar surface area (TPSA) is 95.0 Å². The zero-order chi connectivity index (χ0) is 19.8. The lowest BCUT2D eigenvalue weighted by atomic mass is 10.0. The van der Waals surface area contributed by atoms with Crippen LogP contribution in [0, 0.1) is 0 Å². The van der Waals surface area contributed by atoms with E-state index < -0.39 is 0 Å². The van der Waals surface area contributed by atoms with Gasteiger partial charge < -0.3 is 25.8 Å². The number of phenolic OH excluding ortho intramolecular Hbond substituents is 1. The van der Waals surface area contributed by atoms with Crippen molar-refractivity contribution in [2.45, 2.75) is 19.4 Å². The van der Waals surface area contributed by atoms with E-state index in [4.69, 9.17) is 4.74 Å². The normalized spacial score (nSPS) is 15.3. The first kappa shape index (κ1) is 22.8. The summed E-state index contributed by atoms with van der Waals surface area (Å²) in [5.74, 6) is 1.25. The standard InChI is InChI=1S/C21H26N4O3.HI/c1-2-22-21(25-17-11-14-28-19-10-6-4-7-15(17)19)24-13-12-23-20(27)16-8-3-5-9-18(16)26;/h3-10,17,26H,2,11-14H2,1H3,(H,23,27)(H2,22,24,25);1H. The first-order valence-electron chi connectivity index (χ1n) is 9.51. The average Bonchev–Trinajstić information content (AvgIpc) is 2.71. The van der Waals surface area contributed by atoms with Gasteiger partial charge in [-0.2, -0.15) is 0 Å². The summed E-state index contributed by atoms with van der Waals surface area (Å²) in [6.07, 6.45) is 0.853. The summed E-state index contributed by atoms with van der Waals surface area (Å²) < 4.78 is 5.70. The van der Waals surface area contributed by atoms with Crippen LogP contribution in [0.3, 0.4) is 0 Å². The lowest BCUT2D eigenvalue weighted by Crippen LogP contribution is -2.41. The first-order valence-corrected chi connectivity index (χ1v) is 9.51. The number of fused-ring (bicyclic) bond motifs is 1. The molecule has 1 aliphatic heterocycles. The van der Waals surface area contributed by atoms with Gasteiger partial charge in [0, 0.05) is 25.1 Å². The molecule has 0 spiro atoms. The summed E-state index contributed by atoms with van der Waals surface area (Å²) in [6, 6.07) is 14.6. The minimum Gasteiger partial charge on any atom is -0.507 e. The van der Waals surface area contributed by atoms with Gasteiger partial charge in [0.2, 0.25) is 0 Å². The summed E-state index contributed by atoms with van der Waals surface area (Å²) in [7, 11) is 0. The molecule has 1 amide bonds. The lowest BCUT2D eigenvalue weighted by Gasteiger charge is -2.28. The number of phenols is 1. The molecular formula is C21H27IN4O3. The SMILES string of the molecule is CCNC(=NCCNC(=O)c1ccccc1O)NC1CCOc2ccccc21.I. The monoisotopic (exact) mass is 510 g/mol. The second kappa shape index (κ2) is 11.5. The predicted octanol–water partition coefficient (Wildman–Crippen LogP) is 2.82. The van der Waals surface area contributed by atoms with Crippen molar-refractivity contribution in [3.05, 3.63) is 59.7 Å².